The molecule has 0 radical (unpaired) electrons. The predicted octanol–water partition coefficient (Wildman–Crippen LogP) is 7.24. The number of imidazole rings is 1. The summed E-state index contributed by atoms with van der Waals surface area (Å²) in [5.41, 5.74) is 13.7. The zero-order valence-corrected chi connectivity index (χ0v) is 28.0. The average molecular weight is 680 g/mol. The molecule has 0 amide bonds. The van der Waals surface area contributed by atoms with Gasteiger partial charge in [0, 0.05) is 35.7 Å². The number of azo groups is 2. The molecule has 254 valence electrons. The van der Waals surface area contributed by atoms with Crippen molar-refractivity contribution in [3.63, 3.8) is 0 Å². The lowest BCUT2D eigenvalue weighted by Crippen LogP contribution is -2.38. The number of hydrogen-bond acceptors (Lipinski definition) is 8. The van der Waals surface area contributed by atoms with Crippen molar-refractivity contribution in [2.24, 2.45) is 20.5 Å². The fraction of sp³-hybridized carbons (Fsp3) is 0.154. The van der Waals surface area contributed by atoms with Gasteiger partial charge in [-0.25, -0.2) is 18.3 Å². The van der Waals surface area contributed by atoms with Gasteiger partial charge in [0.2, 0.25) is 6.33 Å². The molecule has 0 fully saturated rings. The Bertz CT molecular complexity index is 2240. The van der Waals surface area contributed by atoms with Crippen LogP contribution in [0.3, 0.4) is 0 Å². The number of nitrogens with two attached hydrogens (primary N) is 2. The quantitative estimate of drug-likeness (QED) is 0.0464. The highest BCUT2D eigenvalue weighted by Crippen LogP contribution is 2.40. The van der Waals surface area contributed by atoms with Gasteiger partial charge in [0.05, 0.1) is 48.8 Å². The number of rotatable bonds is 12. The van der Waals surface area contributed by atoms with E-state index in [0.717, 1.165) is 60.6 Å². The number of benzene rings is 4. The van der Waals surface area contributed by atoms with E-state index in [1.807, 2.05) is 97.3 Å². The first kappa shape index (κ1) is 32.8. The third-order valence-electron chi connectivity index (χ3n) is 8.79. The Morgan fingerprint density at radius 3 is 1.65 bits per heavy atom. The number of phenols is 2. The van der Waals surface area contributed by atoms with Crippen LogP contribution in [0.25, 0.3) is 21.5 Å². The minimum Gasteiger partial charge on any atom is -0.506 e. The number of aromatic nitrogens is 4. The zero-order chi connectivity index (χ0) is 35.2. The third-order valence-corrected chi connectivity index (χ3v) is 8.79. The number of pyridine rings is 2. The average Bonchev–Trinajstić information content (AvgIpc) is 3.60. The fourth-order valence-corrected chi connectivity index (χ4v) is 6.12. The minimum atomic E-state index is -0.0103. The van der Waals surface area contributed by atoms with Crippen molar-refractivity contribution in [1.29, 1.82) is 0 Å². The molecule has 0 aliphatic heterocycles. The minimum absolute atomic E-state index is 0.0103. The van der Waals surface area contributed by atoms with E-state index in [1.54, 1.807) is 12.1 Å². The number of nitrogen functional groups attached to an aromatic ring is 2. The van der Waals surface area contributed by atoms with Gasteiger partial charge < -0.3 is 21.7 Å². The molecular weight excluding hydrogens is 640 g/mol. The van der Waals surface area contributed by atoms with Crippen LogP contribution in [0.15, 0.2) is 149 Å². The smallest absolute Gasteiger partial charge is 0.350 e. The molecule has 0 saturated carbocycles. The lowest BCUT2D eigenvalue weighted by molar-refractivity contribution is -0.721. The lowest BCUT2D eigenvalue weighted by atomic mass is 10.1. The molecule has 12 nitrogen and oxygen atoms in total. The van der Waals surface area contributed by atoms with Crippen molar-refractivity contribution in [2.75, 3.05) is 11.5 Å². The van der Waals surface area contributed by atoms with Crippen LogP contribution in [0.1, 0.15) is 12.8 Å². The van der Waals surface area contributed by atoms with E-state index in [1.165, 1.54) is 0 Å². The Labute approximate surface area is 294 Å². The van der Waals surface area contributed by atoms with E-state index in [9.17, 15) is 10.2 Å². The first-order chi connectivity index (χ1) is 24.9. The molecule has 3 aromatic heterocycles. The second kappa shape index (κ2) is 14.8. The summed E-state index contributed by atoms with van der Waals surface area (Å²) in [4.78, 5) is 0. The Morgan fingerprint density at radius 2 is 1.08 bits per heavy atom. The number of hydrogen-bond donors (Lipinski definition) is 4. The summed E-state index contributed by atoms with van der Waals surface area (Å²) in [5, 5.41) is 42.0. The normalized spacial score (nSPS) is 11.8. The van der Waals surface area contributed by atoms with Crippen molar-refractivity contribution < 1.29 is 23.9 Å². The molecule has 7 aromatic rings. The summed E-state index contributed by atoms with van der Waals surface area (Å²) in [6.07, 6.45) is 12.1. The van der Waals surface area contributed by atoms with Gasteiger partial charge in [-0.15, -0.1) is 0 Å². The van der Waals surface area contributed by atoms with Crippen molar-refractivity contribution in [1.82, 2.24) is 4.57 Å². The molecule has 0 atom stereocenters. The standard InChI is InChI=1S/C39H36N10O2/c40-36-32(50)25-28-11-1-3-13-30(28)38(36)44-42-34-15-5-7-19-48(34)21-9-17-46-23-24-47(27-46)18-10-22-49-20-8-6-16-35(49)43-45-39-31-14-4-2-12-29(31)26-33(51)37(39)41/h1-8,11-16,19-20,23-27,40-41H,9-10,17-18,21-22H2,(H-,44,45,50,51)/p+3. The Balaban J connectivity index is 0.952. The molecule has 0 spiro atoms. The Hall–Kier alpha value is -6.69. The van der Waals surface area contributed by atoms with E-state index < -0.39 is 0 Å². The second-order valence-electron chi connectivity index (χ2n) is 12.3. The maximum absolute atomic E-state index is 10.3. The summed E-state index contributed by atoms with van der Waals surface area (Å²) in [5.74, 6) is 1.37. The van der Waals surface area contributed by atoms with Crippen LogP contribution in [-0.4, -0.2) is 14.8 Å². The van der Waals surface area contributed by atoms with E-state index in [4.69, 9.17) is 11.5 Å². The number of aryl methyl sites for hydroxylation is 4. The highest BCUT2D eigenvalue weighted by molar-refractivity contribution is 6.01. The molecule has 0 bridgehead atoms. The monoisotopic (exact) mass is 679 g/mol. The highest BCUT2D eigenvalue weighted by Gasteiger charge is 2.17. The van der Waals surface area contributed by atoms with Crippen LogP contribution in [0.2, 0.25) is 0 Å². The topological polar surface area (TPSA) is 159 Å². The number of phenolic OH excluding ortho intramolecular Hbond substituents is 2. The molecular formula is C39H39N10O2+3. The first-order valence-electron chi connectivity index (χ1n) is 16.8. The summed E-state index contributed by atoms with van der Waals surface area (Å²) in [6, 6.07) is 30.2. The van der Waals surface area contributed by atoms with Crippen LogP contribution in [0.4, 0.5) is 34.4 Å². The first-order valence-corrected chi connectivity index (χ1v) is 16.8. The van der Waals surface area contributed by atoms with E-state index in [-0.39, 0.29) is 22.9 Å². The van der Waals surface area contributed by atoms with Crippen LogP contribution >= 0.6 is 0 Å². The number of aromatic hydroxyl groups is 2. The van der Waals surface area contributed by atoms with Crippen molar-refractivity contribution in [2.45, 2.75) is 39.0 Å². The summed E-state index contributed by atoms with van der Waals surface area (Å²) < 4.78 is 8.49. The highest BCUT2D eigenvalue weighted by atomic mass is 16.3. The molecule has 6 N–H and O–H groups in total. The van der Waals surface area contributed by atoms with Gasteiger partial charge in [0.1, 0.15) is 46.6 Å². The molecule has 4 aromatic carbocycles. The fourth-order valence-electron chi connectivity index (χ4n) is 6.12. The van der Waals surface area contributed by atoms with E-state index in [0.29, 0.717) is 23.0 Å². The second-order valence-corrected chi connectivity index (χ2v) is 12.3. The lowest BCUT2D eigenvalue weighted by Gasteiger charge is -2.05. The van der Waals surface area contributed by atoms with Gasteiger partial charge in [-0.1, -0.05) is 60.7 Å². The Morgan fingerprint density at radius 1 is 0.569 bits per heavy atom. The number of fused-ring (bicyclic) bond motifs is 2. The third kappa shape index (κ3) is 7.35. The molecule has 0 unspecified atom stereocenters. The van der Waals surface area contributed by atoms with Crippen molar-refractivity contribution >= 4 is 55.9 Å². The van der Waals surface area contributed by atoms with Gasteiger partial charge in [-0.05, 0) is 45.3 Å². The zero-order valence-electron chi connectivity index (χ0n) is 28.0. The molecule has 3 heterocycles. The van der Waals surface area contributed by atoms with Crippen LogP contribution < -0.4 is 25.2 Å². The largest absolute Gasteiger partial charge is 0.506 e. The number of nitrogens with zero attached hydrogens (tertiary/aromatic N) is 8. The molecule has 12 heteroatoms. The van der Waals surface area contributed by atoms with Gasteiger partial charge in [0.15, 0.2) is 0 Å². The van der Waals surface area contributed by atoms with Gasteiger partial charge >= 0.3 is 11.6 Å². The van der Waals surface area contributed by atoms with Gasteiger partial charge in [-0.2, -0.15) is 0 Å². The summed E-state index contributed by atoms with van der Waals surface area (Å²) >= 11 is 0. The molecule has 0 aliphatic rings. The van der Waals surface area contributed by atoms with Gasteiger partial charge in [0.25, 0.3) is 0 Å². The SMILES string of the molecule is Nc1c(O)cc2ccccc2c1/N=N/c1cccc[n+]1CCCn1cc[n+](CCC[n+]2ccccc2/N=N/c2c(N)c(O)cc3ccccc23)c1. The van der Waals surface area contributed by atoms with E-state index >= 15 is 0 Å². The summed E-state index contributed by atoms with van der Waals surface area (Å²) in [7, 11) is 0. The molecule has 7 rings (SSSR count). The molecule has 51 heavy (non-hydrogen) atoms. The molecule has 0 saturated heterocycles. The number of anilines is 2. The van der Waals surface area contributed by atoms with Crippen LogP contribution in [0, 0.1) is 0 Å². The van der Waals surface area contributed by atoms with Crippen molar-refractivity contribution in [3.05, 3.63) is 128 Å². The predicted molar refractivity (Wildman–Crippen MR) is 196 cm³/mol. The Kier molecular flexibility index (Phi) is 9.55. The van der Waals surface area contributed by atoms with Gasteiger partial charge in [-0.3, -0.25) is 0 Å². The van der Waals surface area contributed by atoms with Crippen LogP contribution in [-0.2, 0) is 26.2 Å². The maximum atomic E-state index is 10.3. The molecule has 0 aliphatic carbocycles. The van der Waals surface area contributed by atoms with Crippen molar-refractivity contribution in [3.8, 4) is 11.5 Å². The maximum Gasteiger partial charge on any atom is 0.350 e. The van der Waals surface area contributed by atoms with E-state index in [2.05, 4.69) is 57.4 Å². The van der Waals surface area contributed by atoms with Crippen LogP contribution in [0.5, 0.6) is 11.5 Å². The summed E-state index contributed by atoms with van der Waals surface area (Å²) in [6.45, 7) is 3.16.